The Kier molecular flexibility index (Phi) is 5.43. The van der Waals surface area contributed by atoms with E-state index in [2.05, 4.69) is 41.5 Å². The molecule has 0 aliphatic rings. The van der Waals surface area contributed by atoms with Crippen LogP contribution in [0, 0.1) is 5.41 Å². The highest BCUT2D eigenvalue weighted by molar-refractivity contribution is 5.90. The van der Waals surface area contributed by atoms with Gasteiger partial charge in [0, 0.05) is 0 Å². The highest BCUT2D eigenvalue weighted by Gasteiger charge is 2.21. The number of benzene rings is 1. The molecule has 0 spiro atoms. The number of ether oxygens (including phenoxy) is 2. The maximum atomic E-state index is 12.1. The van der Waals surface area contributed by atoms with E-state index < -0.39 is 0 Å². The minimum absolute atomic E-state index is 0.0278. The Bertz CT molecular complexity index is 490. The van der Waals surface area contributed by atoms with Crippen LogP contribution in [-0.2, 0) is 10.2 Å². The largest absolute Gasteiger partial charge is 0.496 e. The molecule has 0 fully saturated rings. The Morgan fingerprint density at radius 3 is 2.19 bits per heavy atom. The Labute approximate surface area is 128 Å². The molecule has 118 valence electrons. The van der Waals surface area contributed by atoms with Crippen LogP contribution >= 0.6 is 0 Å². The Balaban J connectivity index is 2.83. The molecule has 3 heteroatoms. The maximum Gasteiger partial charge on any atom is 0.338 e. The van der Waals surface area contributed by atoms with E-state index in [1.54, 1.807) is 13.2 Å². The van der Waals surface area contributed by atoms with Gasteiger partial charge in [0.1, 0.15) is 5.75 Å². The number of hydrogen-bond donors (Lipinski definition) is 0. The topological polar surface area (TPSA) is 35.5 Å². The van der Waals surface area contributed by atoms with Gasteiger partial charge in [-0.3, -0.25) is 0 Å². The highest BCUT2D eigenvalue weighted by Crippen LogP contribution is 2.32. The van der Waals surface area contributed by atoms with Gasteiger partial charge in [0.25, 0.3) is 0 Å². The summed E-state index contributed by atoms with van der Waals surface area (Å²) in [4.78, 5) is 12.1. The number of carbonyl (C=O) groups is 1. The minimum Gasteiger partial charge on any atom is -0.496 e. The molecule has 1 rings (SSSR count). The van der Waals surface area contributed by atoms with Crippen LogP contribution in [0.2, 0.25) is 0 Å². The molecule has 0 aromatic heterocycles. The Morgan fingerprint density at radius 2 is 1.71 bits per heavy atom. The summed E-state index contributed by atoms with van der Waals surface area (Å²) in [7, 11) is 1.62. The van der Waals surface area contributed by atoms with Gasteiger partial charge in [-0.2, -0.15) is 0 Å². The van der Waals surface area contributed by atoms with Gasteiger partial charge in [-0.25, -0.2) is 4.79 Å². The fraction of sp³-hybridized carbons (Fsp3) is 0.611. The van der Waals surface area contributed by atoms with Crippen LogP contribution in [-0.4, -0.2) is 19.7 Å². The van der Waals surface area contributed by atoms with E-state index in [9.17, 15) is 4.79 Å². The van der Waals surface area contributed by atoms with Crippen molar-refractivity contribution in [1.29, 1.82) is 0 Å². The van der Waals surface area contributed by atoms with Crippen molar-refractivity contribution in [2.24, 2.45) is 5.41 Å². The van der Waals surface area contributed by atoms with Gasteiger partial charge in [-0.05, 0) is 34.9 Å². The fourth-order valence-corrected chi connectivity index (χ4v) is 1.97. The number of rotatable bonds is 4. The van der Waals surface area contributed by atoms with E-state index in [1.165, 1.54) is 0 Å². The van der Waals surface area contributed by atoms with E-state index in [4.69, 9.17) is 9.47 Å². The SMILES string of the molecule is COc1cc(C(=O)OCCC(C)(C)C)ccc1C(C)(C)C. The van der Waals surface area contributed by atoms with Crippen molar-refractivity contribution in [3.63, 3.8) is 0 Å². The molecule has 0 unspecified atom stereocenters. The molecule has 1 aromatic rings. The van der Waals surface area contributed by atoms with Crippen molar-refractivity contribution in [3.05, 3.63) is 29.3 Å². The molecule has 0 atom stereocenters. The van der Waals surface area contributed by atoms with Crippen LogP contribution in [0.15, 0.2) is 18.2 Å². The quantitative estimate of drug-likeness (QED) is 0.762. The van der Waals surface area contributed by atoms with Crippen molar-refractivity contribution < 1.29 is 14.3 Å². The minimum atomic E-state index is -0.294. The molecule has 3 nitrogen and oxygen atoms in total. The van der Waals surface area contributed by atoms with Gasteiger partial charge in [0.05, 0.1) is 19.3 Å². The second kappa shape index (κ2) is 6.50. The second-order valence-electron chi connectivity index (χ2n) is 7.61. The smallest absolute Gasteiger partial charge is 0.338 e. The molecule has 0 saturated carbocycles. The summed E-state index contributed by atoms with van der Waals surface area (Å²) in [6.45, 7) is 13.2. The molecule has 0 radical (unpaired) electrons. The Morgan fingerprint density at radius 1 is 1.10 bits per heavy atom. The van der Waals surface area contributed by atoms with Crippen molar-refractivity contribution in [3.8, 4) is 5.75 Å². The monoisotopic (exact) mass is 292 g/mol. The molecule has 0 heterocycles. The lowest BCUT2D eigenvalue weighted by Crippen LogP contribution is -2.15. The summed E-state index contributed by atoms with van der Waals surface area (Å²) in [5.74, 6) is 0.436. The lowest BCUT2D eigenvalue weighted by atomic mass is 9.86. The van der Waals surface area contributed by atoms with Crippen LogP contribution in [0.5, 0.6) is 5.75 Å². The third-order valence-electron chi connectivity index (χ3n) is 3.33. The second-order valence-corrected chi connectivity index (χ2v) is 7.61. The molecule has 0 saturated heterocycles. The van der Waals surface area contributed by atoms with Crippen molar-refractivity contribution in [2.75, 3.05) is 13.7 Å². The van der Waals surface area contributed by atoms with Crippen molar-refractivity contribution in [1.82, 2.24) is 0 Å². The molecule has 0 aliphatic carbocycles. The van der Waals surface area contributed by atoms with E-state index in [-0.39, 0.29) is 16.8 Å². The summed E-state index contributed by atoms with van der Waals surface area (Å²) in [5.41, 5.74) is 1.75. The molecule has 0 aliphatic heterocycles. The molecule has 21 heavy (non-hydrogen) atoms. The molecule has 1 aromatic carbocycles. The summed E-state index contributed by atoms with van der Waals surface area (Å²) < 4.78 is 10.7. The number of methoxy groups -OCH3 is 1. The highest BCUT2D eigenvalue weighted by atomic mass is 16.5. The average molecular weight is 292 g/mol. The van der Waals surface area contributed by atoms with Crippen LogP contribution in [0.1, 0.15) is 63.9 Å². The zero-order valence-electron chi connectivity index (χ0n) is 14.4. The van der Waals surface area contributed by atoms with Gasteiger partial charge in [-0.1, -0.05) is 47.6 Å². The molecule has 0 amide bonds. The normalized spacial score (nSPS) is 12.1. The van der Waals surface area contributed by atoms with E-state index in [1.807, 2.05) is 12.1 Å². The number of esters is 1. The van der Waals surface area contributed by atoms with Crippen LogP contribution < -0.4 is 4.74 Å². The first-order valence-electron chi connectivity index (χ1n) is 7.40. The first-order valence-corrected chi connectivity index (χ1v) is 7.40. The Hall–Kier alpha value is -1.51. The maximum absolute atomic E-state index is 12.1. The van der Waals surface area contributed by atoms with Gasteiger partial charge < -0.3 is 9.47 Å². The summed E-state index contributed by atoms with van der Waals surface area (Å²) >= 11 is 0. The molecular formula is C18H28O3. The van der Waals surface area contributed by atoms with Crippen LogP contribution in [0.25, 0.3) is 0 Å². The van der Waals surface area contributed by atoms with Crippen LogP contribution in [0.3, 0.4) is 0 Å². The summed E-state index contributed by atoms with van der Waals surface area (Å²) in [5, 5.41) is 0. The van der Waals surface area contributed by atoms with Gasteiger partial charge in [0.15, 0.2) is 0 Å². The molecular weight excluding hydrogens is 264 g/mol. The predicted octanol–water partition coefficient (Wildman–Crippen LogP) is 4.59. The fourth-order valence-electron chi connectivity index (χ4n) is 1.97. The third-order valence-corrected chi connectivity index (χ3v) is 3.33. The molecule has 0 N–H and O–H groups in total. The zero-order chi connectivity index (χ0) is 16.3. The van der Waals surface area contributed by atoms with Crippen molar-refractivity contribution >= 4 is 5.97 Å². The number of hydrogen-bond acceptors (Lipinski definition) is 3. The first-order chi connectivity index (χ1) is 9.54. The van der Waals surface area contributed by atoms with E-state index in [0.29, 0.717) is 12.2 Å². The van der Waals surface area contributed by atoms with Crippen molar-refractivity contribution in [2.45, 2.75) is 53.4 Å². The third kappa shape index (κ3) is 5.41. The van der Waals surface area contributed by atoms with E-state index >= 15 is 0 Å². The lowest BCUT2D eigenvalue weighted by Gasteiger charge is -2.22. The zero-order valence-corrected chi connectivity index (χ0v) is 14.4. The first kappa shape index (κ1) is 17.5. The average Bonchev–Trinajstić information content (AvgIpc) is 2.35. The lowest BCUT2D eigenvalue weighted by molar-refractivity contribution is 0.0464. The summed E-state index contributed by atoms with van der Waals surface area (Å²) in [6, 6.07) is 5.52. The predicted molar refractivity (Wildman–Crippen MR) is 86.0 cm³/mol. The number of carbonyl (C=O) groups excluding carboxylic acids is 1. The standard InChI is InChI=1S/C18H28O3/c1-17(2,3)10-11-21-16(19)13-8-9-14(18(4,5)6)15(12-13)20-7/h8-9,12H,10-11H2,1-7H3. The van der Waals surface area contributed by atoms with Gasteiger partial charge >= 0.3 is 5.97 Å². The van der Waals surface area contributed by atoms with E-state index in [0.717, 1.165) is 17.7 Å². The van der Waals surface area contributed by atoms with Gasteiger partial charge in [-0.15, -0.1) is 0 Å². The molecule has 0 bridgehead atoms. The summed E-state index contributed by atoms with van der Waals surface area (Å²) in [6.07, 6.45) is 0.843. The van der Waals surface area contributed by atoms with Gasteiger partial charge in [0.2, 0.25) is 0 Å². The van der Waals surface area contributed by atoms with Crippen LogP contribution in [0.4, 0.5) is 0 Å².